The standard InChI is InChI=1S/C18H24OS/c1-3-15-7-5-9-17(11-15)18(19)13-20-12-16-8-4-6-14(2)10-16/h4-6,8-10,15,17H,3,7,11-13H2,1-2H3. The number of hydrogen-bond acceptors (Lipinski definition) is 2. The Morgan fingerprint density at radius 3 is 3.00 bits per heavy atom. The lowest BCUT2D eigenvalue weighted by Gasteiger charge is -2.22. The second-order valence-corrected chi connectivity index (χ2v) is 6.71. The Morgan fingerprint density at radius 2 is 2.25 bits per heavy atom. The van der Waals surface area contributed by atoms with Crippen molar-refractivity contribution < 1.29 is 4.79 Å². The van der Waals surface area contributed by atoms with E-state index < -0.39 is 0 Å². The van der Waals surface area contributed by atoms with Gasteiger partial charge in [0.1, 0.15) is 5.78 Å². The molecule has 2 atom stereocenters. The van der Waals surface area contributed by atoms with Gasteiger partial charge in [-0.05, 0) is 31.2 Å². The third-order valence-corrected chi connectivity index (χ3v) is 5.04. The summed E-state index contributed by atoms with van der Waals surface area (Å²) in [4.78, 5) is 12.2. The summed E-state index contributed by atoms with van der Waals surface area (Å²) in [6.45, 7) is 4.33. The van der Waals surface area contributed by atoms with Crippen molar-refractivity contribution in [2.75, 3.05) is 5.75 Å². The zero-order valence-electron chi connectivity index (χ0n) is 12.5. The van der Waals surface area contributed by atoms with Gasteiger partial charge >= 0.3 is 0 Å². The first kappa shape index (κ1) is 15.4. The summed E-state index contributed by atoms with van der Waals surface area (Å²) in [6.07, 6.45) is 7.71. The van der Waals surface area contributed by atoms with Crippen molar-refractivity contribution in [2.45, 2.75) is 38.9 Å². The first-order valence-electron chi connectivity index (χ1n) is 7.51. The van der Waals surface area contributed by atoms with Gasteiger partial charge in [0.05, 0.1) is 5.75 Å². The van der Waals surface area contributed by atoms with E-state index in [1.165, 1.54) is 17.5 Å². The average Bonchev–Trinajstić information content (AvgIpc) is 2.47. The van der Waals surface area contributed by atoms with Crippen LogP contribution < -0.4 is 0 Å². The van der Waals surface area contributed by atoms with Crippen LogP contribution in [-0.4, -0.2) is 11.5 Å². The maximum atomic E-state index is 12.2. The Labute approximate surface area is 126 Å². The van der Waals surface area contributed by atoms with Crippen LogP contribution >= 0.6 is 11.8 Å². The van der Waals surface area contributed by atoms with Gasteiger partial charge in [-0.1, -0.05) is 55.3 Å². The number of carbonyl (C=O) groups is 1. The Hall–Kier alpha value is -1.02. The quantitative estimate of drug-likeness (QED) is 0.700. The molecule has 0 saturated carbocycles. The van der Waals surface area contributed by atoms with Crippen molar-refractivity contribution in [3.8, 4) is 0 Å². The van der Waals surface area contributed by atoms with Crippen LogP contribution in [0.15, 0.2) is 36.4 Å². The molecule has 0 N–H and O–H groups in total. The molecule has 0 bridgehead atoms. The van der Waals surface area contributed by atoms with Gasteiger partial charge in [-0.3, -0.25) is 4.79 Å². The number of aryl methyl sites for hydroxylation is 1. The number of ketones is 1. The topological polar surface area (TPSA) is 17.1 Å². The predicted octanol–water partition coefficient (Wildman–Crippen LogP) is 4.79. The van der Waals surface area contributed by atoms with E-state index in [1.54, 1.807) is 11.8 Å². The Kier molecular flexibility index (Phi) is 5.90. The van der Waals surface area contributed by atoms with Crippen molar-refractivity contribution in [3.63, 3.8) is 0 Å². The number of carbonyl (C=O) groups excluding carboxylic acids is 1. The first-order valence-corrected chi connectivity index (χ1v) is 8.67. The number of thioether (sulfide) groups is 1. The fourth-order valence-corrected chi connectivity index (χ4v) is 3.65. The van der Waals surface area contributed by atoms with Gasteiger partial charge < -0.3 is 0 Å². The molecule has 0 spiro atoms. The van der Waals surface area contributed by atoms with Crippen LogP contribution in [0.2, 0.25) is 0 Å². The molecule has 1 aromatic carbocycles. The SMILES string of the molecule is CCC1CC=CC(C(=O)CSCc2cccc(C)c2)C1. The molecule has 1 nitrogen and oxygen atoms in total. The number of rotatable bonds is 6. The van der Waals surface area contributed by atoms with Crippen molar-refractivity contribution in [1.29, 1.82) is 0 Å². The fraction of sp³-hybridized carbons (Fsp3) is 0.500. The number of hydrogen-bond donors (Lipinski definition) is 0. The molecule has 20 heavy (non-hydrogen) atoms. The summed E-state index contributed by atoms with van der Waals surface area (Å²) in [5.74, 6) is 2.84. The van der Waals surface area contributed by atoms with Crippen LogP contribution in [-0.2, 0) is 10.5 Å². The van der Waals surface area contributed by atoms with E-state index in [2.05, 4.69) is 50.3 Å². The smallest absolute Gasteiger partial charge is 0.149 e. The van der Waals surface area contributed by atoms with E-state index in [4.69, 9.17) is 0 Å². The summed E-state index contributed by atoms with van der Waals surface area (Å²) in [5, 5.41) is 0. The lowest BCUT2D eigenvalue weighted by molar-refractivity contribution is -0.119. The number of allylic oxidation sites excluding steroid dienone is 2. The van der Waals surface area contributed by atoms with Gasteiger partial charge in [0.15, 0.2) is 0 Å². The summed E-state index contributed by atoms with van der Waals surface area (Å²) in [7, 11) is 0. The lowest BCUT2D eigenvalue weighted by Crippen LogP contribution is -2.20. The highest BCUT2D eigenvalue weighted by atomic mass is 32.2. The minimum absolute atomic E-state index is 0.165. The van der Waals surface area contributed by atoms with Crippen LogP contribution in [0, 0.1) is 18.8 Å². The molecule has 2 unspecified atom stereocenters. The molecule has 0 aromatic heterocycles. The fourth-order valence-electron chi connectivity index (χ4n) is 2.72. The van der Waals surface area contributed by atoms with Gasteiger partial charge in [0.2, 0.25) is 0 Å². The second kappa shape index (κ2) is 7.68. The van der Waals surface area contributed by atoms with Gasteiger partial charge in [0, 0.05) is 11.7 Å². The van der Waals surface area contributed by atoms with Gasteiger partial charge in [0.25, 0.3) is 0 Å². The molecule has 108 valence electrons. The molecule has 0 amide bonds. The summed E-state index contributed by atoms with van der Waals surface area (Å²) in [6, 6.07) is 8.53. The Bertz CT molecular complexity index is 478. The van der Waals surface area contributed by atoms with Crippen molar-refractivity contribution in [1.82, 2.24) is 0 Å². The normalized spacial score (nSPS) is 21.9. The minimum Gasteiger partial charge on any atom is -0.298 e. The van der Waals surface area contributed by atoms with Crippen LogP contribution in [0.25, 0.3) is 0 Å². The van der Waals surface area contributed by atoms with E-state index in [0.717, 1.165) is 18.6 Å². The molecular weight excluding hydrogens is 264 g/mol. The summed E-state index contributed by atoms with van der Waals surface area (Å²) >= 11 is 1.74. The van der Waals surface area contributed by atoms with Crippen LogP contribution in [0.3, 0.4) is 0 Å². The highest BCUT2D eigenvalue weighted by Crippen LogP contribution is 2.27. The third-order valence-electron chi connectivity index (χ3n) is 4.01. The third kappa shape index (κ3) is 4.52. The van der Waals surface area contributed by atoms with E-state index >= 15 is 0 Å². The largest absolute Gasteiger partial charge is 0.298 e. The lowest BCUT2D eigenvalue weighted by atomic mass is 9.83. The Balaban J connectivity index is 1.78. The highest BCUT2D eigenvalue weighted by molar-refractivity contribution is 7.99. The molecule has 0 radical (unpaired) electrons. The van der Waals surface area contributed by atoms with Crippen LogP contribution in [0.5, 0.6) is 0 Å². The van der Waals surface area contributed by atoms with Crippen molar-refractivity contribution >= 4 is 17.5 Å². The van der Waals surface area contributed by atoms with E-state index in [0.29, 0.717) is 17.5 Å². The molecule has 1 aliphatic carbocycles. The highest BCUT2D eigenvalue weighted by Gasteiger charge is 2.22. The molecule has 1 aliphatic rings. The summed E-state index contributed by atoms with van der Waals surface area (Å²) < 4.78 is 0. The van der Waals surface area contributed by atoms with Crippen LogP contribution in [0.1, 0.15) is 37.3 Å². The number of Topliss-reactive ketones (excluding diaryl/α,β-unsaturated/α-hetero) is 1. The van der Waals surface area contributed by atoms with Gasteiger partial charge in [-0.15, -0.1) is 11.8 Å². The molecule has 0 saturated heterocycles. The Morgan fingerprint density at radius 1 is 1.40 bits per heavy atom. The average molecular weight is 288 g/mol. The minimum atomic E-state index is 0.165. The van der Waals surface area contributed by atoms with Gasteiger partial charge in [-0.25, -0.2) is 0 Å². The van der Waals surface area contributed by atoms with E-state index in [1.807, 2.05) is 0 Å². The van der Waals surface area contributed by atoms with Crippen LogP contribution in [0.4, 0.5) is 0 Å². The molecule has 2 rings (SSSR count). The predicted molar refractivity (Wildman–Crippen MR) is 88.0 cm³/mol. The monoisotopic (exact) mass is 288 g/mol. The van der Waals surface area contributed by atoms with Gasteiger partial charge in [-0.2, -0.15) is 0 Å². The van der Waals surface area contributed by atoms with Crippen molar-refractivity contribution in [3.05, 3.63) is 47.5 Å². The van der Waals surface area contributed by atoms with E-state index in [-0.39, 0.29) is 5.92 Å². The summed E-state index contributed by atoms with van der Waals surface area (Å²) in [5.41, 5.74) is 2.60. The molecule has 0 heterocycles. The maximum Gasteiger partial charge on any atom is 0.149 e. The second-order valence-electron chi connectivity index (χ2n) is 5.73. The zero-order chi connectivity index (χ0) is 14.4. The molecule has 0 fully saturated rings. The van der Waals surface area contributed by atoms with E-state index in [9.17, 15) is 4.79 Å². The molecule has 1 aromatic rings. The van der Waals surface area contributed by atoms with Crippen molar-refractivity contribution in [2.24, 2.45) is 11.8 Å². The molecular formula is C18H24OS. The zero-order valence-corrected chi connectivity index (χ0v) is 13.3. The number of benzene rings is 1. The molecule has 2 heteroatoms. The first-order chi connectivity index (χ1) is 9.69. The maximum absolute atomic E-state index is 12.2. The molecule has 0 aliphatic heterocycles.